The first-order chi connectivity index (χ1) is 10.3. The number of aryl methyl sites for hydroxylation is 1. The van der Waals surface area contributed by atoms with Crippen molar-refractivity contribution in [3.8, 4) is 0 Å². The maximum Gasteiger partial charge on any atom is 0.413 e. The van der Waals surface area contributed by atoms with Crippen LogP contribution in [0.5, 0.6) is 0 Å². The Balaban J connectivity index is 1.97. The van der Waals surface area contributed by atoms with Gasteiger partial charge in [-0.3, -0.25) is 10.00 Å². The molecule has 0 aromatic carbocycles. The number of ether oxygens (including phenoxy) is 1. The molecule has 7 heteroatoms. The number of amides is 1. The molecule has 2 N–H and O–H groups in total. The van der Waals surface area contributed by atoms with E-state index in [1.54, 1.807) is 10.9 Å². The summed E-state index contributed by atoms with van der Waals surface area (Å²) in [4.78, 5) is 11.9. The van der Waals surface area contributed by atoms with Crippen molar-refractivity contribution >= 4 is 23.7 Å². The van der Waals surface area contributed by atoms with Crippen molar-refractivity contribution < 1.29 is 9.53 Å². The second-order valence-corrected chi connectivity index (χ2v) is 8.11. The van der Waals surface area contributed by atoms with Crippen LogP contribution in [0.25, 0.3) is 0 Å². The van der Waals surface area contributed by atoms with Crippen LogP contribution in [0.4, 0.5) is 10.6 Å². The van der Waals surface area contributed by atoms with Crippen molar-refractivity contribution in [1.82, 2.24) is 15.1 Å². The Bertz CT molecular complexity index is 524. The lowest BCUT2D eigenvalue weighted by molar-refractivity contribution is 0.0634. The number of rotatable bonds is 4. The van der Waals surface area contributed by atoms with Gasteiger partial charge in [0.05, 0.1) is 6.20 Å². The molecule has 22 heavy (non-hydrogen) atoms. The van der Waals surface area contributed by atoms with Crippen LogP contribution in [-0.4, -0.2) is 38.5 Å². The molecule has 0 aliphatic carbocycles. The van der Waals surface area contributed by atoms with E-state index in [0.29, 0.717) is 23.7 Å². The number of hydrogen-bond donors (Lipinski definition) is 2. The maximum atomic E-state index is 11.9. The molecule has 0 radical (unpaired) electrons. The Kier molecular flexibility index (Phi) is 5.39. The monoisotopic (exact) mass is 326 g/mol. The van der Waals surface area contributed by atoms with E-state index in [2.05, 4.69) is 22.7 Å². The zero-order valence-electron chi connectivity index (χ0n) is 14.0. The van der Waals surface area contributed by atoms with Crippen LogP contribution in [0.15, 0.2) is 6.20 Å². The quantitative estimate of drug-likeness (QED) is 0.890. The molecule has 2 atom stereocenters. The van der Waals surface area contributed by atoms with Gasteiger partial charge in [0.2, 0.25) is 0 Å². The Morgan fingerprint density at radius 1 is 1.55 bits per heavy atom. The summed E-state index contributed by atoms with van der Waals surface area (Å²) in [6.07, 6.45) is 2.51. The third-order valence-corrected chi connectivity index (χ3v) is 4.89. The minimum absolute atomic E-state index is 0.456. The summed E-state index contributed by atoms with van der Waals surface area (Å²) in [6.45, 7) is 8.47. The first kappa shape index (κ1) is 17.1. The molecule has 1 amide bonds. The third kappa shape index (κ3) is 4.64. The molecule has 1 aromatic heterocycles. The number of nitrogens with one attached hydrogen (secondary N) is 2. The van der Waals surface area contributed by atoms with E-state index in [4.69, 9.17) is 4.74 Å². The van der Waals surface area contributed by atoms with Crippen LogP contribution in [0, 0.1) is 0 Å². The van der Waals surface area contributed by atoms with Crippen molar-refractivity contribution in [3.63, 3.8) is 0 Å². The normalized spacial score (nSPS) is 21.9. The van der Waals surface area contributed by atoms with Crippen molar-refractivity contribution in [1.29, 1.82) is 0 Å². The Morgan fingerprint density at radius 2 is 2.27 bits per heavy atom. The molecular formula is C15H26N4O2S. The molecule has 124 valence electrons. The van der Waals surface area contributed by atoms with Gasteiger partial charge < -0.3 is 10.1 Å². The first-order valence-electron chi connectivity index (χ1n) is 7.62. The Hall–Kier alpha value is -1.21. The highest BCUT2D eigenvalue weighted by Gasteiger charge is 2.24. The molecule has 6 nitrogen and oxygen atoms in total. The lowest BCUT2D eigenvalue weighted by Gasteiger charge is -2.20. The van der Waals surface area contributed by atoms with Crippen molar-refractivity contribution in [3.05, 3.63) is 11.8 Å². The predicted molar refractivity (Wildman–Crippen MR) is 90.2 cm³/mol. The zero-order chi connectivity index (χ0) is 16.3. The number of hydrogen-bond acceptors (Lipinski definition) is 5. The van der Waals surface area contributed by atoms with Crippen LogP contribution in [0.3, 0.4) is 0 Å². The van der Waals surface area contributed by atoms with Crippen LogP contribution in [0.1, 0.15) is 39.7 Å². The average molecular weight is 326 g/mol. The van der Waals surface area contributed by atoms with E-state index in [1.807, 2.05) is 39.6 Å². The highest BCUT2D eigenvalue weighted by molar-refractivity contribution is 8.00. The van der Waals surface area contributed by atoms with Crippen molar-refractivity contribution in [2.24, 2.45) is 7.05 Å². The molecule has 2 heterocycles. The molecule has 1 saturated heterocycles. The van der Waals surface area contributed by atoms with Gasteiger partial charge in [0, 0.05) is 30.4 Å². The van der Waals surface area contributed by atoms with Gasteiger partial charge in [-0.15, -0.1) is 0 Å². The summed E-state index contributed by atoms with van der Waals surface area (Å²) in [7, 11) is 1.81. The fourth-order valence-electron chi connectivity index (χ4n) is 2.41. The smallest absolute Gasteiger partial charge is 0.413 e. The molecule has 2 unspecified atom stereocenters. The molecule has 0 saturated carbocycles. The van der Waals surface area contributed by atoms with E-state index in [9.17, 15) is 4.79 Å². The van der Waals surface area contributed by atoms with E-state index < -0.39 is 11.7 Å². The lowest BCUT2D eigenvalue weighted by Crippen LogP contribution is -2.33. The second-order valence-electron chi connectivity index (χ2n) is 6.62. The summed E-state index contributed by atoms with van der Waals surface area (Å²) in [5.74, 6) is 1.88. The molecule has 1 fully saturated rings. The number of nitrogens with zero attached hydrogens (tertiary/aromatic N) is 2. The van der Waals surface area contributed by atoms with Gasteiger partial charge in [0.1, 0.15) is 11.4 Å². The second kappa shape index (κ2) is 6.91. The minimum Gasteiger partial charge on any atom is -0.444 e. The maximum absolute atomic E-state index is 11.9. The fraction of sp³-hybridized carbons (Fsp3) is 0.733. The molecular weight excluding hydrogens is 300 g/mol. The molecule has 0 spiro atoms. The molecule has 1 aromatic rings. The van der Waals surface area contributed by atoms with E-state index in [-0.39, 0.29) is 0 Å². The number of carbonyl (C=O) groups is 1. The predicted octanol–water partition coefficient (Wildman–Crippen LogP) is 2.75. The fourth-order valence-corrected chi connectivity index (χ4v) is 3.64. The summed E-state index contributed by atoms with van der Waals surface area (Å²) in [6, 6.07) is 0.514. The third-order valence-electron chi connectivity index (χ3n) is 3.56. The molecule has 1 aliphatic rings. The summed E-state index contributed by atoms with van der Waals surface area (Å²) < 4.78 is 6.96. The number of thioether (sulfide) groups is 1. The van der Waals surface area contributed by atoms with Gasteiger partial charge >= 0.3 is 6.09 Å². The van der Waals surface area contributed by atoms with Crippen LogP contribution in [0.2, 0.25) is 0 Å². The Morgan fingerprint density at radius 3 is 2.86 bits per heavy atom. The number of anilines is 1. The van der Waals surface area contributed by atoms with Gasteiger partial charge in [-0.25, -0.2) is 4.79 Å². The van der Waals surface area contributed by atoms with Crippen molar-refractivity contribution in [2.75, 3.05) is 11.1 Å². The number of aromatic nitrogens is 2. The summed E-state index contributed by atoms with van der Waals surface area (Å²) in [5.41, 5.74) is 0.454. The minimum atomic E-state index is -0.516. The molecule has 2 rings (SSSR count). The van der Waals surface area contributed by atoms with Gasteiger partial charge in [0.25, 0.3) is 0 Å². The Labute approximate surface area is 136 Å². The zero-order valence-corrected chi connectivity index (χ0v) is 14.8. The largest absolute Gasteiger partial charge is 0.444 e. The highest BCUT2D eigenvalue weighted by atomic mass is 32.2. The van der Waals surface area contributed by atoms with E-state index in [1.165, 1.54) is 12.2 Å². The summed E-state index contributed by atoms with van der Waals surface area (Å²) in [5, 5.41) is 11.2. The number of carbonyl (C=O) groups excluding carboxylic acids is 1. The first-order valence-corrected chi connectivity index (χ1v) is 8.67. The summed E-state index contributed by atoms with van der Waals surface area (Å²) >= 11 is 1.99. The molecule has 1 aliphatic heterocycles. The van der Waals surface area contributed by atoms with Crippen LogP contribution >= 0.6 is 11.8 Å². The topological polar surface area (TPSA) is 68.2 Å². The molecule has 0 bridgehead atoms. The van der Waals surface area contributed by atoms with Gasteiger partial charge in [0.15, 0.2) is 0 Å². The lowest BCUT2D eigenvalue weighted by atomic mass is 10.1. The standard InChI is InChI=1S/C15H26N4O2S/c1-10-12(6-7-22-10)16-8-11-9-17-19(5)13(11)18-14(20)21-15(2,3)4/h9-10,12,16H,6-8H2,1-5H3,(H,18,20). The van der Waals surface area contributed by atoms with Gasteiger partial charge in [-0.2, -0.15) is 16.9 Å². The SMILES string of the molecule is CC1SCCC1NCc1cnn(C)c1NC(=O)OC(C)(C)C. The highest BCUT2D eigenvalue weighted by Crippen LogP contribution is 2.26. The van der Waals surface area contributed by atoms with Crippen LogP contribution < -0.4 is 10.6 Å². The van der Waals surface area contributed by atoms with E-state index in [0.717, 1.165) is 5.56 Å². The van der Waals surface area contributed by atoms with Gasteiger partial charge in [-0.1, -0.05) is 6.92 Å². The van der Waals surface area contributed by atoms with Crippen LogP contribution in [-0.2, 0) is 18.3 Å². The average Bonchev–Trinajstić information content (AvgIpc) is 2.93. The van der Waals surface area contributed by atoms with E-state index >= 15 is 0 Å². The van der Waals surface area contributed by atoms with Gasteiger partial charge in [-0.05, 0) is 32.9 Å². The van der Waals surface area contributed by atoms with Crippen molar-refractivity contribution in [2.45, 2.75) is 57.6 Å².